The largest absolute Gasteiger partial charge is 0.423 e. The van der Waals surface area contributed by atoms with Crippen LogP contribution in [-0.4, -0.2) is 11.9 Å². The Kier molecular flexibility index (Phi) is 12.0. The molecule has 0 amide bonds. The number of rotatable bonds is 13. The van der Waals surface area contributed by atoms with Gasteiger partial charge in [0.05, 0.1) is 0 Å². The number of aryl methyl sites for hydroxylation is 2. The molecule has 0 saturated heterocycles. The van der Waals surface area contributed by atoms with Crippen molar-refractivity contribution in [2.75, 3.05) is 9.80 Å². The van der Waals surface area contributed by atoms with Gasteiger partial charge in [0.2, 0.25) is 0 Å². The molecule has 8 aromatic carbocycles. The highest BCUT2D eigenvalue weighted by molar-refractivity contribution is 5.85. The number of hydrogen-bond donors (Lipinski definition) is 0. The minimum Gasteiger partial charge on any atom is -0.423 e. The first kappa shape index (κ1) is 40.6. The van der Waals surface area contributed by atoms with E-state index in [0.29, 0.717) is 11.5 Å². The van der Waals surface area contributed by atoms with E-state index in [2.05, 4.69) is 182 Å². The molecular weight excluding hydrogens is 765 g/mol. The van der Waals surface area contributed by atoms with Crippen molar-refractivity contribution in [2.45, 2.75) is 13.8 Å². The van der Waals surface area contributed by atoms with Gasteiger partial charge in [-0.1, -0.05) is 121 Å². The van der Waals surface area contributed by atoms with Crippen molar-refractivity contribution in [1.29, 1.82) is 0 Å². The van der Waals surface area contributed by atoms with E-state index in [4.69, 9.17) is 9.47 Å². The van der Waals surface area contributed by atoms with E-state index in [9.17, 15) is 9.59 Å². The minimum absolute atomic E-state index is 0.461. The molecule has 0 aliphatic rings. The average molecular weight is 809 g/mol. The number of hydrogen-bond acceptors (Lipinski definition) is 6. The van der Waals surface area contributed by atoms with E-state index in [0.717, 1.165) is 79.7 Å². The number of carbonyl (C=O) groups excluding carboxylic acids is 2. The molecule has 0 heterocycles. The van der Waals surface area contributed by atoms with Gasteiger partial charge in [-0.05, 0) is 144 Å². The Hall–Kier alpha value is -8.22. The lowest BCUT2D eigenvalue weighted by Gasteiger charge is -2.26. The van der Waals surface area contributed by atoms with Gasteiger partial charge in [-0.2, -0.15) is 0 Å². The molecule has 0 spiro atoms. The number of anilines is 6. The standard InChI is InChI=1S/C56H44N2O4/c1-5-55(59)61-53-35-19-45(20-36-53)43-15-31-51(32-16-43)58(52-33-17-44(18-34-52)46-21-37-54(38-22-46)62-56(60)6-2)50-29-13-42(14-30-50)41-11-27-49(28-12-41)57(47-23-7-39(3)8-24-47)48-25-9-40(4)10-26-48/h5-38H,1-2H2,3-4H3. The molecule has 0 N–H and O–H groups in total. The lowest BCUT2D eigenvalue weighted by atomic mass is 10.0. The molecule has 0 aliphatic carbocycles. The molecule has 0 aromatic heterocycles. The van der Waals surface area contributed by atoms with Gasteiger partial charge < -0.3 is 19.3 Å². The molecule has 0 saturated carbocycles. The fourth-order valence-electron chi connectivity index (χ4n) is 7.24. The summed E-state index contributed by atoms with van der Waals surface area (Å²) in [7, 11) is 0. The first-order valence-corrected chi connectivity index (χ1v) is 20.3. The maximum Gasteiger partial charge on any atom is 0.335 e. The van der Waals surface area contributed by atoms with Crippen LogP contribution in [-0.2, 0) is 9.59 Å². The van der Waals surface area contributed by atoms with Crippen LogP contribution in [0, 0.1) is 13.8 Å². The summed E-state index contributed by atoms with van der Waals surface area (Å²) in [6, 6.07) is 66.3. The van der Waals surface area contributed by atoms with Crippen LogP contribution in [0.2, 0.25) is 0 Å². The highest BCUT2D eigenvalue weighted by atomic mass is 16.5. The van der Waals surface area contributed by atoms with Gasteiger partial charge in [0, 0.05) is 46.3 Å². The van der Waals surface area contributed by atoms with Crippen LogP contribution >= 0.6 is 0 Å². The molecule has 0 radical (unpaired) electrons. The van der Waals surface area contributed by atoms with Crippen LogP contribution in [0.1, 0.15) is 11.1 Å². The van der Waals surface area contributed by atoms with Crippen molar-refractivity contribution in [3.05, 3.63) is 231 Å². The summed E-state index contributed by atoms with van der Waals surface area (Å²) in [6.07, 6.45) is 2.29. The smallest absolute Gasteiger partial charge is 0.335 e. The van der Waals surface area contributed by atoms with Gasteiger partial charge in [0.1, 0.15) is 11.5 Å². The Morgan fingerprint density at radius 1 is 0.339 bits per heavy atom. The maximum absolute atomic E-state index is 11.7. The third kappa shape index (κ3) is 9.31. The molecule has 6 nitrogen and oxygen atoms in total. The monoisotopic (exact) mass is 808 g/mol. The predicted octanol–water partition coefficient (Wildman–Crippen LogP) is 14.4. The van der Waals surface area contributed by atoms with Crippen LogP contribution in [0.4, 0.5) is 34.1 Å². The zero-order valence-corrected chi connectivity index (χ0v) is 34.6. The van der Waals surface area contributed by atoms with Crippen molar-refractivity contribution in [3.63, 3.8) is 0 Å². The lowest BCUT2D eigenvalue weighted by molar-refractivity contribution is -0.129. The Labute approximate surface area is 362 Å². The fraction of sp³-hybridized carbons (Fsp3) is 0.0357. The summed E-state index contributed by atoms with van der Waals surface area (Å²) in [5, 5.41) is 0. The summed E-state index contributed by atoms with van der Waals surface area (Å²) < 4.78 is 10.5. The normalized spacial score (nSPS) is 10.7. The highest BCUT2D eigenvalue weighted by Crippen LogP contribution is 2.39. The van der Waals surface area contributed by atoms with E-state index < -0.39 is 11.9 Å². The molecule has 0 aliphatic heterocycles. The predicted molar refractivity (Wildman–Crippen MR) is 253 cm³/mol. The van der Waals surface area contributed by atoms with Crippen molar-refractivity contribution < 1.29 is 19.1 Å². The van der Waals surface area contributed by atoms with Crippen molar-refractivity contribution in [3.8, 4) is 44.9 Å². The summed E-state index contributed by atoms with van der Waals surface area (Å²) >= 11 is 0. The van der Waals surface area contributed by atoms with E-state index in [1.54, 1.807) is 24.3 Å². The minimum atomic E-state index is -0.496. The second-order valence-electron chi connectivity index (χ2n) is 14.8. The van der Waals surface area contributed by atoms with Crippen molar-refractivity contribution in [2.24, 2.45) is 0 Å². The second kappa shape index (κ2) is 18.4. The lowest BCUT2D eigenvalue weighted by Crippen LogP contribution is -2.10. The third-order valence-electron chi connectivity index (χ3n) is 10.6. The summed E-state index contributed by atoms with van der Waals surface area (Å²) in [6.45, 7) is 11.2. The summed E-state index contributed by atoms with van der Waals surface area (Å²) in [5.74, 6) is -0.0694. The van der Waals surface area contributed by atoms with Crippen LogP contribution in [0.3, 0.4) is 0 Å². The van der Waals surface area contributed by atoms with E-state index in [-0.39, 0.29) is 0 Å². The van der Waals surface area contributed by atoms with E-state index in [1.807, 2.05) is 24.3 Å². The van der Waals surface area contributed by atoms with Crippen LogP contribution in [0.15, 0.2) is 219 Å². The summed E-state index contributed by atoms with van der Waals surface area (Å²) in [5.41, 5.74) is 14.9. The molecule has 6 heteroatoms. The molecule has 8 aromatic rings. The molecule has 8 rings (SSSR count). The van der Waals surface area contributed by atoms with Crippen molar-refractivity contribution >= 4 is 46.1 Å². The Bertz CT molecular complexity index is 2660. The van der Waals surface area contributed by atoms with Gasteiger partial charge in [-0.15, -0.1) is 0 Å². The third-order valence-corrected chi connectivity index (χ3v) is 10.6. The molecule has 0 bridgehead atoms. The average Bonchev–Trinajstić information content (AvgIpc) is 3.32. The Morgan fingerprint density at radius 3 is 0.742 bits per heavy atom. The van der Waals surface area contributed by atoms with Gasteiger partial charge in [-0.25, -0.2) is 9.59 Å². The van der Waals surface area contributed by atoms with Crippen LogP contribution in [0.25, 0.3) is 33.4 Å². The number of nitrogens with zero attached hydrogens (tertiary/aromatic N) is 2. The molecule has 62 heavy (non-hydrogen) atoms. The maximum atomic E-state index is 11.7. The van der Waals surface area contributed by atoms with Gasteiger partial charge in [-0.3, -0.25) is 0 Å². The zero-order chi connectivity index (χ0) is 43.0. The second-order valence-corrected chi connectivity index (χ2v) is 14.8. The van der Waals surface area contributed by atoms with Crippen LogP contribution in [0.5, 0.6) is 11.5 Å². The Morgan fingerprint density at radius 2 is 0.532 bits per heavy atom. The van der Waals surface area contributed by atoms with Gasteiger partial charge in [0.25, 0.3) is 0 Å². The highest BCUT2D eigenvalue weighted by Gasteiger charge is 2.16. The number of benzene rings is 8. The first-order chi connectivity index (χ1) is 30.2. The summed E-state index contributed by atoms with van der Waals surface area (Å²) in [4.78, 5) is 27.9. The van der Waals surface area contributed by atoms with Gasteiger partial charge >= 0.3 is 11.9 Å². The van der Waals surface area contributed by atoms with Crippen molar-refractivity contribution in [1.82, 2.24) is 0 Å². The quantitative estimate of drug-likeness (QED) is 0.0657. The van der Waals surface area contributed by atoms with E-state index in [1.165, 1.54) is 11.1 Å². The van der Waals surface area contributed by atoms with Crippen LogP contribution < -0.4 is 19.3 Å². The Balaban J connectivity index is 1.09. The molecule has 302 valence electrons. The molecular formula is C56H44N2O4. The number of esters is 2. The zero-order valence-electron chi connectivity index (χ0n) is 34.6. The molecule has 0 fully saturated rings. The topological polar surface area (TPSA) is 59.1 Å². The fourth-order valence-corrected chi connectivity index (χ4v) is 7.24. The van der Waals surface area contributed by atoms with E-state index >= 15 is 0 Å². The molecule has 0 atom stereocenters. The SMILES string of the molecule is C=CC(=O)Oc1ccc(-c2ccc(N(c3ccc(-c4ccc(OC(=O)C=C)cc4)cc3)c3ccc(-c4ccc(N(c5ccc(C)cc5)c5ccc(C)cc5)cc4)cc3)cc2)cc1. The van der Waals surface area contributed by atoms with Gasteiger partial charge in [0.15, 0.2) is 0 Å². The first-order valence-electron chi connectivity index (χ1n) is 20.3. The number of ether oxygens (including phenoxy) is 2. The molecule has 0 unspecified atom stereocenters. The number of carbonyl (C=O) groups is 2.